The summed E-state index contributed by atoms with van der Waals surface area (Å²) in [4.78, 5) is 32.6. The van der Waals surface area contributed by atoms with Crippen molar-refractivity contribution in [1.82, 2.24) is 14.7 Å². The van der Waals surface area contributed by atoms with Crippen molar-refractivity contribution in [3.63, 3.8) is 0 Å². The average molecular weight is 553 g/mol. The molecule has 0 spiro atoms. The molecule has 0 atom stereocenters. The Morgan fingerprint density at radius 2 is 1.77 bits per heavy atom. The molecule has 10 heteroatoms. The van der Waals surface area contributed by atoms with Gasteiger partial charge in [-0.2, -0.15) is 0 Å². The normalized spacial score (nSPS) is 13.6. The number of morpholine rings is 1. The minimum atomic E-state index is -0.387. The Morgan fingerprint density at radius 1 is 1.00 bits per heavy atom. The molecule has 3 aromatic rings. The summed E-state index contributed by atoms with van der Waals surface area (Å²) in [6.45, 7) is 6.94. The van der Waals surface area contributed by atoms with Crippen LogP contribution in [0.1, 0.15) is 24.7 Å². The summed E-state index contributed by atoms with van der Waals surface area (Å²) >= 11 is 0. The number of halogens is 1. The van der Waals surface area contributed by atoms with Gasteiger partial charge in [0.2, 0.25) is 5.91 Å². The Labute approximate surface area is 234 Å². The molecule has 1 aliphatic heterocycles. The van der Waals surface area contributed by atoms with Gasteiger partial charge >= 0.3 is 6.03 Å². The van der Waals surface area contributed by atoms with Gasteiger partial charge in [0.05, 0.1) is 38.3 Å². The predicted molar refractivity (Wildman–Crippen MR) is 149 cm³/mol. The van der Waals surface area contributed by atoms with Crippen molar-refractivity contribution in [3.8, 4) is 5.75 Å². The molecule has 1 N–H and O–H groups in total. The first-order valence-electron chi connectivity index (χ1n) is 13.6. The number of hydrogen-bond donors (Lipinski definition) is 1. The standard InChI is InChI=1S/C30H37FN4O5/c1-2-39-28-9-4-3-8-27(28)32-30(37)34(15-6-14-33-16-19-38-20-17-33)23-29(36)35(22-26-7-5-18-40-26)21-24-10-12-25(31)13-11-24/h3-5,7-13,18H,2,6,14-17,19-23H2,1H3,(H,32,37). The molecule has 214 valence electrons. The number of urea groups is 1. The number of carbonyl (C=O) groups is 2. The van der Waals surface area contributed by atoms with Crippen LogP contribution in [0, 0.1) is 5.82 Å². The van der Waals surface area contributed by atoms with Gasteiger partial charge in [-0.1, -0.05) is 24.3 Å². The van der Waals surface area contributed by atoms with Crippen molar-refractivity contribution in [3.05, 3.63) is 84.1 Å². The number of nitrogens with one attached hydrogen (secondary N) is 1. The molecule has 40 heavy (non-hydrogen) atoms. The van der Waals surface area contributed by atoms with Gasteiger partial charge in [-0.25, -0.2) is 9.18 Å². The van der Waals surface area contributed by atoms with Crippen LogP contribution < -0.4 is 10.1 Å². The topological polar surface area (TPSA) is 87.5 Å². The molecule has 2 heterocycles. The second kappa shape index (κ2) is 15.0. The van der Waals surface area contributed by atoms with Crippen LogP contribution in [0.15, 0.2) is 71.3 Å². The number of hydrogen-bond acceptors (Lipinski definition) is 6. The fourth-order valence-electron chi connectivity index (χ4n) is 4.50. The maximum Gasteiger partial charge on any atom is 0.322 e. The molecule has 1 aliphatic rings. The van der Waals surface area contributed by atoms with E-state index in [0.717, 1.165) is 25.2 Å². The number of benzene rings is 2. The lowest BCUT2D eigenvalue weighted by atomic mass is 10.2. The van der Waals surface area contributed by atoms with Crippen LogP contribution in [-0.2, 0) is 22.6 Å². The van der Waals surface area contributed by atoms with E-state index in [0.29, 0.717) is 50.0 Å². The van der Waals surface area contributed by atoms with Crippen molar-refractivity contribution in [2.24, 2.45) is 0 Å². The van der Waals surface area contributed by atoms with Crippen LogP contribution >= 0.6 is 0 Å². The lowest BCUT2D eigenvalue weighted by Crippen LogP contribution is -2.45. The molecular weight excluding hydrogens is 515 g/mol. The first kappa shape index (κ1) is 29.1. The van der Waals surface area contributed by atoms with Crippen molar-refractivity contribution in [1.29, 1.82) is 0 Å². The Kier molecular flexibility index (Phi) is 10.9. The second-order valence-corrected chi connectivity index (χ2v) is 9.54. The zero-order valence-electron chi connectivity index (χ0n) is 22.9. The van der Waals surface area contributed by atoms with Crippen LogP contribution in [-0.4, -0.2) is 79.2 Å². The smallest absolute Gasteiger partial charge is 0.322 e. The number of para-hydroxylation sites is 2. The Bertz CT molecular complexity index is 1200. The van der Waals surface area contributed by atoms with Crippen LogP contribution in [0.25, 0.3) is 0 Å². The minimum Gasteiger partial charge on any atom is -0.492 e. The van der Waals surface area contributed by atoms with E-state index in [2.05, 4.69) is 10.2 Å². The highest BCUT2D eigenvalue weighted by molar-refractivity contribution is 5.93. The highest BCUT2D eigenvalue weighted by atomic mass is 19.1. The van der Waals surface area contributed by atoms with Crippen LogP contribution in [0.2, 0.25) is 0 Å². The number of furan rings is 1. The fourth-order valence-corrected chi connectivity index (χ4v) is 4.50. The van der Waals surface area contributed by atoms with Crippen LogP contribution in [0.3, 0.4) is 0 Å². The molecule has 0 bridgehead atoms. The molecule has 0 saturated carbocycles. The summed E-state index contributed by atoms with van der Waals surface area (Å²) in [5.74, 6) is 0.585. The van der Waals surface area contributed by atoms with Gasteiger partial charge in [-0.15, -0.1) is 0 Å². The first-order valence-corrected chi connectivity index (χ1v) is 13.6. The summed E-state index contributed by atoms with van der Waals surface area (Å²) in [6.07, 6.45) is 2.25. The highest BCUT2D eigenvalue weighted by Crippen LogP contribution is 2.24. The predicted octanol–water partition coefficient (Wildman–Crippen LogP) is 4.60. The average Bonchev–Trinajstić information content (AvgIpc) is 3.48. The van der Waals surface area contributed by atoms with Gasteiger partial charge in [0.1, 0.15) is 23.9 Å². The molecule has 1 saturated heterocycles. The monoisotopic (exact) mass is 552 g/mol. The van der Waals surface area contributed by atoms with E-state index in [1.54, 1.807) is 47.6 Å². The van der Waals surface area contributed by atoms with Crippen LogP contribution in [0.4, 0.5) is 14.9 Å². The van der Waals surface area contributed by atoms with Gasteiger partial charge in [-0.3, -0.25) is 9.69 Å². The summed E-state index contributed by atoms with van der Waals surface area (Å²) in [7, 11) is 0. The Balaban J connectivity index is 1.48. The lowest BCUT2D eigenvalue weighted by Gasteiger charge is -2.30. The molecule has 4 rings (SSSR count). The Hall–Kier alpha value is -3.89. The lowest BCUT2D eigenvalue weighted by molar-refractivity contribution is -0.133. The SMILES string of the molecule is CCOc1ccccc1NC(=O)N(CCCN1CCOCC1)CC(=O)N(Cc1ccc(F)cc1)Cc1ccco1. The van der Waals surface area contributed by atoms with Gasteiger partial charge < -0.3 is 29.0 Å². The Morgan fingerprint density at radius 3 is 2.50 bits per heavy atom. The number of rotatable bonds is 13. The van der Waals surface area contributed by atoms with E-state index in [9.17, 15) is 14.0 Å². The molecule has 1 aromatic heterocycles. The quantitative estimate of drug-likeness (QED) is 0.334. The van der Waals surface area contributed by atoms with Crippen molar-refractivity contribution in [2.45, 2.75) is 26.4 Å². The molecule has 0 unspecified atom stereocenters. The number of anilines is 1. The third kappa shape index (κ3) is 8.82. The van der Waals surface area contributed by atoms with E-state index in [-0.39, 0.29) is 37.4 Å². The van der Waals surface area contributed by atoms with Crippen molar-refractivity contribution < 1.29 is 27.9 Å². The van der Waals surface area contributed by atoms with Gasteiger partial charge in [-0.05, 0) is 55.3 Å². The van der Waals surface area contributed by atoms with Crippen LogP contribution in [0.5, 0.6) is 5.75 Å². The summed E-state index contributed by atoms with van der Waals surface area (Å²) in [5, 5.41) is 2.93. The van der Waals surface area contributed by atoms with E-state index < -0.39 is 0 Å². The molecule has 2 aromatic carbocycles. The molecule has 0 aliphatic carbocycles. The summed E-state index contributed by atoms with van der Waals surface area (Å²) in [5.41, 5.74) is 1.31. The van der Waals surface area contributed by atoms with E-state index in [1.807, 2.05) is 19.1 Å². The molecule has 0 radical (unpaired) electrons. The van der Waals surface area contributed by atoms with Crippen molar-refractivity contribution in [2.75, 3.05) is 57.9 Å². The molecular formula is C30H37FN4O5. The van der Waals surface area contributed by atoms with Gasteiger partial charge in [0, 0.05) is 32.7 Å². The number of carbonyl (C=O) groups excluding carboxylic acids is 2. The zero-order valence-corrected chi connectivity index (χ0v) is 22.9. The molecule has 1 fully saturated rings. The van der Waals surface area contributed by atoms with Gasteiger partial charge in [0.25, 0.3) is 0 Å². The second-order valence-electron chi connectivity index (χ2n) is 9.54. The highest BCUT2D eigenvalue weighted by Gasteiger charge is 2.24. The summed E-state index contributed by atoms with van der Waals surface area (Å²) < 4.78 is 30.1. The fraction of sp³-hybridized carbons (Fsp3) is 0.400. The number of ether oxygens (including phenoxy) is 2. The first-order chi connectivity index (χ1) is 19.5. The minimum absolute atomic E-state index is 0.131. The number of nitrogens with zero attached hydrogens (tertiary/aromatic N) is 3. The third-order valence-corrected chi connectivity index (χ3v) is 6.61. The van der Waals surface area contributed by atoms with E-state index >= 15 is 0 Å². The van der Waals surface area contributed by atoms with E-state index in [1.165, 1.54) is 17.0 Å². The zero-order chi connectivity index (χ0) is 28.2. The molecule has 9 nitrogen and oxygen atoms in total. The molecule has 3 amide bonds. The largest absolute Gasteiger partial charge is 0.492 e. The number of amides is 3. The maximum atomic E-state index is 13.7. The summed E-state index contributed by atoms with van der Waals surface area (Å²) in [6, 6.07) is 16.4. The third-order valence-electron chi connectivity index (χ3n) is 6.61. The van der Waals surface area contributed by atoms with Gasteiger partial charge in [0.15, 0.2) is 0 Å². The van der Waals surface area contributed by atoms with Crippen molar-refractivity contribution >= 4 is 17.6 Å². The van der Waals surface area contributed by atoms with E-state index in [4.69, 9.17) is 13.9 Å². The maximum absolute atomic E-state index is 13.7.